The van der Waals surface area contributed by atoms with Gasteiger partial charge in [0, 0.05) is 11.7 Å². The van der Waals surface area contributed by atoms with Gasteiger partial charge < -0.3 is 4.90 Å². The number of rotatable bonds is 1. The average molecular weight is 294 g/mol. The molecule has 1 aromatic carbocycles. The number of fused-ring (bicyclic) bond motifs is 1. The zero-order valence-electron chi connectivity index (χ0n) is 10.3. The lowest BCUT2D eigenvalue weighted by Gasteiger charge is -2.34. The molecule has 1 unspecified atom stereocenters. The van der Waals surface area contributed by atoms with Crippen LogP contribution in [-0.4, -0.2) is 22.1 Å². The summed E-state index contributed by atoms with van der Waals surface area (Å²) < 4.78 is 0.293. The van der Waals surface area contributed by atoms with E-state index in [1.807, 2.05) is 18.2 Å². The van der Waals surface area contributed by atoms with E-state index in [9.17, 15) is 4.79 Å². The van der Waals surface area contributed by atoms with Crippen LogP contribution in [0.25, 0.3) is 0 Å². The number of aryl methyl sites for hydroxylation is 1. The van der Waals surface area contributed by atoms with Gasteiger partial charge in [0.15, 0.2) is 0 Å². The highest BCUT2D eigenvalue weighted by molar-refractivity contribution is 7.17. The van der Waals surface area contributed by atoms with Gasteiger partial charge in [-0.3, -0.25) is 4.79 Å². The van der Waals surface area contributed by atoms with Gasteiger partial charge in [-0.15, -0.1) is 10.2 Å². The van der Waals surface area contributed by atoms with Gasteiger partial charge in [0.2, 0.25) is 9.47 Å². The number of anilines is 1. The Morgan fingerprint density at radius 3 is 2.95 bits per heavy atom. The van der Waals surface area contributed by atoms with E-state index in [1.54, 1.807) is 4.90 Å². The van der Waals surface area contributed by atoms with Crippen LogP contribution in [0.5, 0.6) is 0 Å². The maximum absolute atomic E-state index is 12.6. The van der Waals surface area contributed by atoms with Crippen LogP contribution < -0.4 is 4.90 Å². The third-order valence-corrected chi connectivity index (χ3v) is 4.33. The highest BCUT2D eigenvalue weighted by Crippen LogP contribution is 2.32. The SMILES string of the molecule is CC1CCc2ccccc2N1C(=O)c1nnc(Cl)s1. The van der Waals surface area contributed by atoms with Crippen LogP contribution in [0.4, 0.5) is 5.69 Å². The number of halogens is 1. The predicted molar refractivity (Wildman–Crippen MR) is 76.0 cm³/mol. The lowest BCUT2D eigenvalue weighted by Crippen LogP contribution is -2.42. The number of nitrogens with zero attached hydrogens (tertiary/aromatic N) is 3. The molecule has 0 aliphatic carbocycles. The molecule has 0 fully saturated rings. The van der Waals surface area contributed by atoms with E-state index in [-0.39, 0.29) is 11.9 Å². The first-order chi connectivity index (χ1) is 9.16. The van der Waals surface area contributed by atoms with Crippen molar-refractivity contribution in [1.82, 2.24) is 10.2 Å². The quantitative estimate of drug-likeness (QED) is 0.811. The zero-order valence-corrected chi connectivity index (χ0v) is 11.9. The summed E-state index contributed by atoms with van der Waals surface area (Å²) in [6.07, 6.45) is 1.95. The Morgan fingerprint density at radius 1 is 1.42 bits per heavy atom. The van der Waals surface area contributed by atoms with Gasteiger partial charge in [0.1, 0.15) is 0 Å². The summed E-state index contributed by atoms with van der Waals surface area (Å²) in [5.74, 6) is -0.121. The minimum absolute atomic E-state index is 0.121. The van der Waals surface area contributed by atoms with Crippen molar-refractivity contribution in [3.63, 3.8) is 0 Å². The largest absolute Gasteiger partial charge is 0.303 e. The van der Waals surface area contributed by atoms with Crippen LogP contribution in [0.3, 0.4) is 0 Å². The smallest absolute Gasteiger partial charge is 0.289 e. The summed E-state index contributed by atoms with van der Waals surface area (Å²) in [5, 5.41) is 7.88. The summed E-state index contributed by atoms with van der Waals surface area (Å²) in [4.78, 5) is 14.4. The minimum atomic E-state index is -0.121. The molecule has 0 bridgehead atoms. The molecule has 2 aromatic rings. The normalized spacial score (nSPS) is 18.2. The van der Waals surface area contributed by atoms with Crippen LogP contribution in [-0.2, 0) is 6.42 Å². The number of carbonyl (C=O) groups excluding carboxylic acids is 1. The first kappa shape index (κ1) is 12.6. The lowest BCUT2D eigenvalue weighted by molar-refractivity contribution is 0.0974. The Morgan fingerprint density at radius 2 is 2.21 bits per heavy atom. The molecule has 0 N–H and O–H groups in total. The Hall–Kier alpha value is -1.46. The molecular weight excluding hydrogens is 282 g/mol. The van der Waals surface area contributed by atoms with Gasteiger partial charge in [-0.1, -0.05) is 29.5 Å². The van der Waals surface area contributed by atoms with Gasteiger partial charge in [0.05, 0.1) is 0 Å². The van der Waals surface area contributed by atoms with E-state index in [4.69, 9.17) is 11.6 Å². The molecular formula is C13H12ClN3OS. The van der Waals surface area contributed by atoms with E-state index in [1.165, 1.54) is 5.56 Å². The third kappa shape index (κ3) is 2.24. The molecule has 1 aliphatic heterocycles. The first-order valence-corrected chi connectivity index (χ1v) is 7.26. The van der Waals surface area contributed by atoms with Crippen molar-refractivity contribution in [1.29, 1.82) is 0 Å². The Bertz CT molecular complexity index is 628. The number of carbonyl (C=O) groups is 1. The second-order valence-corrected chi connectivity index (χ2v) is 6.11. The molecule has 1 aliphatic rings. The molecule has 0 radical (unpaired) electrons. The van der Waals surface area contributed by atoms with Crippen LogP contribution in [0, 0.1) is 0 Å². The number of amides is 1. The summed E-state index contributed by atoms with van der Waals surface area (Å²) in [7, 11) is 0. The van der Waals surface area contributed by atoms with Crippen molar-refractivity contribution in [2.75, 3.05) is 4.90 Å². The number of para-hydroxylation sites is 1. The van der Waals surface area contributed by atoms with Crippen molar-refractivity contribution in [2.45, 2.75) is 25.8 Å². The molecule has 1 amide bonds. The number of hydrogen-bond acceptors (Lipinski definition) is 4. The fourth-order valence-electron chi connectivity index (χ4n) is 2.39. The standard InChI is InChI=1S/C13H12ClN3OS/c1-8-6-7-9-4-2-3-5-10(9)17(8)12(18)11-15-16-13(14)19-11/h2-5,8H,6-7H2,1H3. The van der Waals surface area contributed by atoms with Gasteiger partial charge in [0.25, 0.3) is 5.91 Å². The zero-order chi connectivity index (χ0) is 13.4. The Balaban J connectivity index is 2.02. The maximum atomic E-state index is 12.6. The summed E-state index contributed by atoms with van der Waals surface area (Å²) in [6.45, 7) is 2.05. The molecule has 4 nitrogen and oxygen atoms in total. The maximum Gasteiger partial charge on any atom is 0.289 e. The molecule has 2 heterocycles. The van der Waals surface area contributed by atoms with Gasteiger partial charge >= 0.3 is 0 Å². The Labute approximate surface area is 120 Å². The fraction of sp³-hybridized carbons (Fsp3) is 0.308. The van der Waals surface area contributed by atoms with Gasteiger partial charge in [-0.05, 0) is 43.0 Å². The van der Waals surface area contributed by atoms with Gasteiger partial charge in [-0.2, -0.15) is 0 Å². The molecule has 19 heavy (non-hydrogen) atoms. The van der Waals surface area contributed by atoms with Crippen molar-refractivity contribution in [3.05, 3.63) is 39.3 Å². The van der Waals surface area contributed by atoms with Crippen LogP contribution in [0.2, 0.25) is 4.47 Å². The molecule has 0 spiro atoms. The number of hydrogen-bond donors (Lipinski definition) is 0. The van der Waals surface area contributed by atoms with E-state index >= 15 is 0 Å². The van der Waals surface area contributed by atoms with Crippen molar-refractivity contribution < 1.29 is 4.79 Å². The Kier molecular flexibility index (Phi) is 3.24. The molecule has 3 rings (SSSR count). The molecule has 0 saturated carbocycles. The molecule has 1 atom stereocenters. The van der Waals surface area contributed by atoms with Crippen molar-refractivity contribution >= 4 is 34.5 Å². The molecule has 6 heteroatoms. The molecule has 98 valence electrons. The van der Waals surface area contributed by atoms with Crippen molar-refractivity contribution in [2.24, 2.45) is 0 Å². The topological polar surface area (TPSA) is 46.1 Å². The monoisotopic (exact) mass is 293 g/mol. The predicted octanol–water partition coefficient (Wildman–Crippen LogP) is 3.17. The average Bonchev–Trinajstić information content (AvgIpc) is 2.85. The van der Waals surface area contributed by atoms with Crippen LogP contribution in [0.1, 0.15) is 28.7 Å². The van der Waals surface area contributed by atoms with Crippen LogP contribution in [0.15, 0.2) is 24.3 Å². The van der Waals surface area contributed by atoms with E-state index in [2.05, 4.69) is 23.2 Å². The van der Waals surface area contributed by atoms with E-state index in [0.29, 0.717) is 9.47 Å². The highest BCUT2D eigenvalue weighted by atomic mass is 35.5. The second kappa shape index (κ2) is 4.90. The van der Waals surface area contributed by atoms with Crippen LogP contribution >= 0.6 is 22.9 Å². The van der Waals surface area contributed by atoms with Gasteiger partial charge in [-0.25, -0.2) is 0 Å². The summed E-state index contributed by atoms with van der Waals surface area (Å²) in [5.41, 5.74) is 2.17. The van der Waals surface area contributed by atoms with E-state index in [0.717, 1.165) is 29.9 Å². The number of benzene rings is 1. The summed E-state index contributed by atoms with van der Waals surface area (Å²) >= 11 is 6.87. The highest BCUT2D eigenvalue weighted by Gasteiger charge is 2.30. The second-order valence-electron chi connectivity index (χ2n) is 4.55. The fourth-order valence-corrected chi connectivity index (χ4v) is 3.16. The third-order valence-electron chi connectivity index (χ3n) is 3.33. The van der Waals surface area contributed by atoms with E-state index < -0.39 is 0 Å². The summed E-state index contributed by atoms with van der Waals surface area (Å²) in [6, 6.07) is 8.15. The lowest BCUT2D eigenvalue weighted by atomic mass is 9.96. The first-order valence-electron chi connectivity index (χ1n) is 6.07. The minimum Gasteiger partial charge on any atom is -0.303 e. The number of aromatic nitrogens is 2. The molecule has 0 saturated heterocycles. The van der Waals surface area contributed by atoms with Crippen molar-refractivity contribution in [3.8, 4) is 0 Å². The molecule has 1 aromatic heterocycles.